The summed E-state index contributed by atoms with van der Waals surface area (Å²) in [4.78, 5) is 15.0. The highest BCUT2D eigenvalue weighted by atomic mass is 16.5. The average molecular weight is 195 g/mol. The third kappa shape index (κ3) is 2.00. The monoisotopic (exact) mass is 195 g/mol. The van der Waals surface area contributed by atoms with E-state index in [0.717, 1.165) is 0 Å². The molecule has 5 nitrogen and oxygen atoms in total. The number of anilines is 1. The van der Waals surface area contributed by atoms with Gasteiger partial charge in [-0.2, -0.15) is 0 Å². The first-order valence-electron chi connectivity index (χ1n) is 4.11. The first-order chi connectivity index (χ1) is 6.56. The van der Waals surface area contributed by atoms with Gasteiger partial charge in [0.2, 0.25) is 5.88 Å². The molecule has 0 aliphatic carbocycles. The van der Waals surface area contributed by atoms with Gasteiger partial charge in [-0.05, 0) is 13.0 Å². The zero-order valence-electron chi connectivity index (χ0n) is 8.15. The van der Waals surface area contributed by atoms with E-state index >= 15 is 0 Å². The van der Waals surface area contributed by atoms with E-state index in [4.69, 9.17) is 16.2 Å². The van der Waals surface area contributed by atoms with E-state index in [9.17, 15) is 4.79 Å². The van der Waals surface area contributed by atoms with Crippen molar-refractivity contribution in [1.29, 1.82) is 0 Å². The molecule has 0 amide bonds. The first-order valence-corrected chi connectivity index (χ1v) is 4.11. The third-order valence-electron chi connectivity index (χ3n) is 1.87. The molecular weight excluding hydrogens is 182 g/mol. The third-order valence-corrected chi connectivity index (χ3v) is 1.87. The number of nitrogens with two attached hydrogens (primary N) is 2. The van der Waals surface area contributed by atoms with E-state index in [0.29, 0.717) is 17.1 Å². The number of ketones is 1. The molecule has 14 heavy (non-hydrogen) atoms. The van der Waals surface area contributed by atoms with Crippen molar-refractivity contribution in [3.05, 3.63) is 17.8 Å². The number of rotatable bonds is 3. The SMILES string of the molecule is COc1ncc(N)cc1C(N)C(C)=O. The molecule has 1 aromatic rings. The quantitative estimate of drug-likeness (QED) is 0.721. The lowest BCUT2D eigenvalue weighted by molar-refractivity contribution is -0.118. The van der Waals surface area contributed by atoms with Gasteiger partial charge in [0.05, 0.1) is 25.0 Å². The minimum atomic E-state index is -0.735. The fourth-order valence-electron chi connectivity index (χ4n) is 1.10. The summed E-state index contributed by atoms with van der Waals surface area (Å²) >= 11 is 0. The van der Waals surface area contributed by atoms with E-state index in [1.807, 2.05) is 0 Å². The van der Waals surface area contributed by atoms with Gasteiger partial charge in [0.15, 0.2) is 5.78 Å². The Morgan fingerprint density at radius 2 is 2.29 bits per heavy atom. The van der Waals surface area contributed by atoms with E-state index in [-0.39, 0.29) is 5.78 Å². The van der Waals surface area contributed by atoms with Crippen LogP contribution in [0.5, 0.6) is 5.88 Å². The summed E-state index contributed by atoms with van der Waals surface area (Å²) < 4.78 is 4.97. The molecule has 0 spiro atoms. The fraction of sp³-hybridized carbons (Fsp3) is 0.333. The highest BCUT2D eigenvalue weighted by molar-refractivity contribution is 5.83. The normalized spacial score (nSPS) is 12.2. The van der Waals surface area contributed by atoms with Crippen molar-refractivity contribution in [3.63, 3.8) is 0 Å². The van der Waals surface area contributed by atoms with Crippen molar-refractivity contribution in [3.8, 4) is 5.88 Å². The maximum Gasteiger partial charge on any atom is 0.218 e. The molecule has 0 bridgehead atoms. The minimum Gasteiger partial charge on any atom is -0.481 e. The molecule has 1 atom stereocenters. The number of carbonyl (C=O) groups excluding carboxylic acids is 1. The molecule has 76 valence electrons. The fourth-order valence-corrected chi connectivity index (χ4v) is 1.10. The Balaban J connectivity index is 3.16. The second-order valence-electron chi connectivity index (χ2n) is 2.96. The molecule has 0 saturated heterocycles. The molecule has 1 heterocycles. The topological polar surface area (TPSA) is 91.2 Å². The molecule has 0 aliphatic heterocycles. The van der Waals surface area contributed by atoms with Gasteiger partial charge in [-0.25, -0.2) is 4.98 Å². The summed E-state index contributed by atoms with van der Waals surface area (Å²) in [6.45, 7) is 1.41. The van der Waals surface area contributed by atoms with Crippen LogP contribution in [0.2, 0.25) is 0 Å². The van der Waals surface area contributed by atoms with Crippen LogP contribution in [0.15, 0.2) is 12.3 Å². The molecule has 0 aromatic carbocycles. The Labute approximate surface area is 82.1 Å². The molecule has 0 aliphatic rings. The summed E-state index contributed by atoms with van der Waals surface area (Å²) in [6, 6.07) is 0.860. The Bertz CT molecular complexity index is 352. The van der Waals surface area contributed by atoms with E-state index in [2.05, 4.69) is 4.98 Å². The molecule has 5 heteroatoms. The summed E-state index contributed by atoms with van der Waals surface area (Å²) in [5.74, 6) is 0.178. The van der Waals surface area contributed by atoms with Crippen molar-refractivity contribution in [2.24, 2.45) is 5.73 Å². The summed E-state index contributed by atoms with van der Waals surface area (Å²) in [7, 11) is 1.47. The number of Topliss-reactive ketones (excluding diaryl/α,β-unsaturated/α-hetero) is 1. The molecule has 0 fully saturated rings. The maximum atomic E-state index is 11.1. The van der Waals surface area contributed by atoms with Crippen molar-refractivity contribution in [2.75, 3.05) is 12.8 Å². The van der Waals surface area contributed by atoms with E-state index < -0.39 is 6.04 Å². The number of carbonyl (C=O) groups is 1. The number of nitrogen functional groups attached to an aromatic ring is 1. The standard InChI is InChI=1S/C9H13N3O2/c1-5(13)8(11)7-3-6(10)4-12-9(7)14-2/h3-4,8H,10-11H2,1-2H3. The van der Waals surface area contributed by atoms with Gasteiger partial charge < -0.3 is 16.2 Å². The van der Waals surface area contributed by atoms with Gasteiger partial charge in [0, 0.05) is 5.56 Å². The van der Waals surface area contributed by atoms with Gasteiger partial charge in [0.25, 0.3) is 0 Å². The summed E-state index contributed by atoms with van der Waals surface area (Å²) in [6.07, 6.45) is 1.45. The Morgan fingerprint density at radius 1 is 1.64 bits per heavy atom. The van der Waals surface area contributed by atoms with Crippen LogP contribution in [0.3, 0.4) is 0 Å². The maximum absolute atomic E-state index is 11.1. The lowest BCUT2D eigenvalue weighted by atomic mass is 10.1. The number of ether oxygens (including phenoxy) is 1. The van der Waals surface area contributed by atoms with Gasteiger partial charge in [0.1, 0.15) is 0 Å². The Morgan fingerprint density at radius 3 is 2.79 bits per heavy atom. The molecular formula is C9H13N3O2. The van der Waals surface area contributed by atoms with Crippen LogP contribution in [0.25, 0.3) is 0 Å². The number of hydrogen-bond donors (Lipinski definition) is 2. The minimum absolute atomic E-state index is 0.157. The predicted molar refractivity (Wildman–Crippen MR) is 52.8 cm³/mol. The van der Waals surface area contributed by atoms with Crippen molar-refractivity contribution in [1.82, 2.24) is 4.98 Å². The molecule has 4 N–H and O–H groups in total. The number of hydrogen-bond acceptors (Lipinski definition) is 5. The smallest absolute Gasteiger partial charge is 0.218 e. The van der Waals surface area contributed by atoms with Crippen LogP contribution < -0.4 is 16.2 Å². The van der Waals surface area contributed by atoms with Crippen LogP contribution in [0.4, 0.5) is 5.69 Å². The van der Waals surface area contributed by atoms with E-state index in [1.165, 1.54) is 20.2 Å². The van der Waals surface area contributed by atoms with E-state index in [1.54, 1.807) is 6.07 Å². The van der Waals surface area contributed by atoms with Crippen LogP contribution in [-0.2, 0) is 4.79 Å². The van der Waals surface area contributed by atoms with Crippen LogP contribution in [0.1, 0.15) is 18.5 Å². The van der Waals surface area contributed by atoms with Crippen molar-refractivity contribution in [2.45, 2.75) is 13.0 Å². The first kappa shape index (κ1) is 10.5. The zero-order valence-corrected chi connectivity index (χ0v) is 8.15. The number of aromatic nitrogens is 1. The molecule has 1 unspecified atom stereocenters. The largest absolute Gasteiger partial charge is 0.481 e. The lowest BCUT2D eigenvalue weighted by Crippen LogP contribution is -2.20. The van der Waals surface area contributed by atoms with Gasteiger partial charge in [-0.1, -0.05) is 0 Å². The van der Waals surface area contributed by atoms with Crippen LogP contribution >= 0.6 is 0 Å². The Hall–Kier alpha value is -1.62. The van der Waals surface area contributed by atoms with Gasteiger partial charge in [-0.3, -0.25) is 4.79 Å². The number of pyridine rings is 1. The van der Waals surface area contributed by atoms with Gasteiger partial charge in [-0.15, -0.1) is 0 Å². The lowest BCUT2D eigenvalue weighted by Gasteiger charge is -2.12. The molecule has 1 aromatic heterocycles. The van der Waals surface area contributed by atoms with Crippen LogP contribution in [0, 0.1) is 0 Å². The second-order valence-corrected chi connectivity index (χ2v) is 2.96. The van der Waals surface area contributed by atoms with Crippen LogP contribution in [-0.4, -0.2) is 17.9 Å². The zero-order chi connectivity index (χ0) is 10.7. The number of nitrogens with zero attached hydrogens (tertiary/aromatic N) is 1. The highest BCUT2D eigenvalue weighted by Gasteiger charge is 2.17. The molecule has 0 saturated carbocycles. The number of methoxy groups -OCH3 is 1. The van der Waals surface area contributed by atoms with Crippen molar-refractivity contribution >= 4 is 11.5 Å². The summed E-state index contributed by atoms with van der Waals surface area (Å²) in [5.41, 5.74) is 12.2. The highest BCUT2D eigenvalue weighted by Crippen LogP contribution is 2.23. The molecule has 1 rings (SSSR count). The summed E-state index contributed by atoms with van der Waals surface area (Å²) in [5, 5.41) is 0. The predicted octanol–water partition coefficient (Wildman–Crippen LogP) is 0.261. The second kappa shape index (κ2) is 4.06. The van der Waals surface area contributed by atoms with Gasteiger partial charge >= 0.3 is 0 Å². The molecule has 0 radical (unpaired) electrons. The average Bonchev–Trinajstić information content (AvgIpc) is 2.16. The Kier molecular flexibility index (Phi) is 3.03. The van der Waals surface area contributed by atoms with Crippen molar-refractivity contribution < 1.29 is 9.53 Å².